The van der Waals surface area contributed by atoms with E-state index in [4.69, 9.17) is 9.72 Å². The molecule has 0 bridgehead atoms. The topological polar surface area (TPSA) is 50.5 Å². The molecule has 1 N–H and O–H groups in total. The Morgan fingerprint density at radius 3 is 2.55 bits per heavy atom. The summed E-state index contributed by atoms with van der Waals surface area (Å²) in [7, 11) is 0. The summed E-state index contributed by atoms with van der Waals surface area (Å²) in [5.74, 6) is 2.11. The van der Waals surface area contributed by atoms with Gasteiger partial charge >= 0.3 is 0 Å². The second kappa shape index (κ2) is 13.0. The number of imidazole rings is 1. The fourth-order valence-corrected chi connectivity index (χ4v) is 5.92. The minimum Gasteiger partial charge on any atom is -0.491 e. The average molecular weight is 540 g/mol. The highest BCUT2D eigenvalue weighted by Gasteiger charge is 2.20. The highest BCUT2D eigenvalue weighted by Crippen LogP contribution is 2.32. The number of aliphatic hydroxyl groups excluding tert-OH is 1. The standard InChI is InChI=1S/C35H45N3O2/c1-5-9-31(18-26(4)25(2)3)38-24-36-34-15-14-29(20-35(34)38)28-12-8-13-33(19-28)40-23-32(39)22-37-17-16-27-10-6-7-11-30(27)21-37/h6-8,10-15,19-20,24-26,31-32,39H,5,9,16-18,21-23H2,1-4H3. The van der Waals surface area contributed by atoms with Gasteiger partial charge < -0.3 is 14.4 Å². The second-order valence-corrected chi connectivity index (χ2v) is 12.0. The molecule has 0 amide bonds. The lowest BCUT2D eigenvalue weighted by atomic mass is 9.89. The third-order valence-corrected chi connectivity index (χ3v) is 8.66. The third kappa shape index (κ3) is 6.76. The summed E-state index contributed by atoms with van der Waals surface area (Å²) < 4.78 is 8.48. The first-order valence-corrected chi connectivity index (χ1v) is 15.1. The first-order valence-electron chi connectivity index (χ1n) is 15.1. The molecule has 1 aliphatic heterocycles. The Hall–Kier alpha value is -3.15. The fourth-order valence-electron chi connectivity index (χ4n) is 5.92. The molecule has 0 radical (unpaired) electrons. The van der Waals surface area contributed by atoms with Crippen LogP contribution in [0.15, 0.2) is 73.1 Å². The Morgan fingerprint density at radius 1 is 0.950 bits per heavy atom. The average Bonchev–Trinajstić information content (AvgIpc) is 3.39. The molecule has 4 aromatic rings. The van der Waals surface area contributed by atoms with Gasteiger partial charge in [0.2, 0.25) is 0 Å². The molecule has 0 saturated carbocycles. The van der Waals surface area contributed by atoms with E-state index >= 15 is 0 Å². The van der Waals surface area contributed by atoms with Crippen molar-refractivity contribution in [3.63, 3.8) is 0 Å². The van der Waals surface area contributed by atoms with Crippen LogP contribution in [-0.2, 0) is 13.0 Å². The molecule has 0 fully saturated rings. The van der Waals surface area contributed by atoms with Gasteiger partial charge in [-0.1, -0.05) is 76.6 Å². The Morgan fingerprint density at radius 2 is 1.75 bits per heavy atom. The first kappa shape index (κ1) is 28.4. The lowest BCUT2D eigenvalue weighted by Gasteiger charge is -2.30. The molecule has 3 atom stereocenters. The van der Waals surface area contributed by atoms with Crippen molar-refractivity contribution in [2.24, 2.45) is 11.8 Å². The number of hydrogen-bond donors (Lipinski definition) is 1. The number of aromatic nitrogens is 2. The molecule has 1 aliphatic rings. The molecule has 5 rings (SSSR count). The number of β-amino-alcohol motifs (C(OH)–C–C–N with tert-alkyl or cyclic N) is 1. The highest BCUT2D eigenvalue weighted by molar-refractivity contribution is 5.82. The monoisotopic (exact) mass is 539 g/mol. The summed E-state index contributed by atoms with van der Waals surface area (Å²) in [4.78, 5) is 7.06. The van der Waals surface area contributed by atoms with Crippen molar-refractivity contribution in [2.45, 2.75) is 72.1 Å². The first-order chi connectivity index (χ1) is 19.4. The zero-order chi connectivity index (χ0) is 28.1. The van der Waals surface area contributed by atoms with E-state index in [1.165, 1.54) is 16.6 Å². The lowest BCUT2D eigenvalue weighted by molar-refractivity contribution is 0.0638. The number of nitrogens with zero attached hydrogens (tertiary/aromatic N) is 3. The summed E-state index contributed by atoms with van der Waals surface area (Å²) >= 11 is 0. The van der Waals surface area contributed by atoms with Crippen LogP contribution in [0.4, 0.5) is 0 Å². The second-order valence-electron chi connectivity index (χ2n) is 12.0. The van der Waals surface area contributed by atoms with E-state index in [9.17, 15) is 5.11 Å². The molecule has 5 heteroatoms. The zero-order valence-electron chi connectivity index (χ0n) is 24.6. The van der Waals surface area contributed by atoms with Crippen molar-refractivity contribution in [3.05, 3.63) is 84.2 Å². The maximum absolute atomic E-state index is 10.7. The number of hydrogen-bond acceptors (Lipinski definition) is 4. The summed E-state index contributed by atoms with van der Waals surface area (Å²) in [5, 5.41) is 10.7. The molecule has 2 heterocycles. The van der Waals surface area contributed by atoms with Gasteiger partial charge in [0, 0.05) is 25.7 Å². The third-order valence-electron chi connectivity index (χ3n) is 8.66. The van der Waals surface area contributed by atoms with E-state index in [1.807, 2.05) is 18.5 Å². The van der Waals surface area contributed by atoms with E-state index in [-0.39, 0.29) is 6.61 Å². The van der Waals surface area contributed by atoms with Gasteiger partial charge in [-0.25, -0.2) is 4.98 Å². The molecule has 5 nitrogen and oxygen atoms in total. The van der Waals surface area contributed by atoms with Gasteiger partial charge in [0.05, 0.1) is 17.4 Å². The van der Waals surface area contributed by atoms with Gasteiger partial charge in [-0.2, -0.15) is 0 Å². The Labute approximate surface area is 239 Å². The van der Waals surface area contributed by atoms with Crippen molar-refractivity contribution < 1.29 is 9.84 Å². The maximum atomic E-state index is 10.7. The summed E-state index contributed by atoms with van der Waals surface area (Å²) in [5.41, 5.74) is 7.28. The van der Waals surface area contributed by atoms with Crippen LogP contribution in [0.5, 0.6) is 5.75 Å². The van der Waals surface area contributed by atoms with Crippen LogP contribution in [0.1, 0.15) is 64.1 Å². The normalized spacial score (nSPS) is 16.1. The molecule has 212 valence electrons. The summed E-state index contributed by atoms with van der Waals surface area (Å²) in [6, 6.07) is 23.8. The molecule has 3 unspecified atom stereocenters. The molecule has 0 saturated heterocycles. The largest absolute Gasteiger partial charge is 0.491 e. The van der Waals surface area contributed by atoms with E-state index in [0.717, 1.165) is 61.2 Å². The van der Waals surface area contributed by atoms with Crippen molar-refractivity contribution in [1.29, 1.82) is 0 Å². The minimum atomic E-state index is -0.539. The quantitative estimate of drug-likeness (QED) is 0.202. The van der Waals surface area contributed by atoms with Crippen molar-refractivity contribution in [2.75, 3.05) is 19.7 Å². The van der Waals surface area contributed by atoms with Gasteiger partial charge in [-0.15, -0.1) is 0 Å². The minimum absolute atomic E-state index is 0.278. The van der Waals surface area contributed by atoms with E-state index < -0.39 is 6.10 Å². The zero-order valence-corrected chi connectivity index (χ0v) is 24.6. The predicted octanol–water partition coefficient (Wildman–Crippen LogP) is 7.52. The Kier molecular flexibility index (Phi) is 9.23. The lowest BCUT2D eigenvalue weighted by Crippen LogP contribution is -2.38. The van der Waals surface area contributed by atoms with Crippen LogP contribution >= 0.6 is 0 Å². The Bertz CT molecular complexity index is 1390. The number of ether oxygens (including phenoxy) is 1. The van der Waals surface area contributed by atoms with Gasteiger partial charge in [0.1, 0.15) is 18.5 Å². The van der Waals surface area contributed by atoms with Crippen LogP contribution in [-0.4, -0.2) is 45.4 Å². The molecular formula is C35H45N3O2. The Balaban J connectivity index is 1.26. The molecule has 0 aliphatic carbocycles. The summed E-state index contributed by atoms with van der Waals surface area (Å²) in [6.07, 6.45) is 6.00. The van der Waals surface area contributed by atoms with Crippen LogP contribution < -0.4 is 4.74 Å². The fraction of sp³-hybridized carbons (Fsp3) is 0.457. The van der Waals surface area contributed by atoms with Crippen LogP contribution in [0.2, 0.25) is 0 Å². The predicted molar refractivity (Wildman–Crippen MR) is 165 cm³/mol. The number of fused-ring (bicyclic) bond motifs is 2. The van der Waals surface area contributed by atoms with Crippen LogP contribution in [0.3, 0.4) is 0 Å². The van der Waals surface area contributed by atoms with E-state index in [1.54, 1.807) is 0 Å². The van der Waals surface area contributed by atoms with E-state index in [2.05, 4.69) is 91.8 Å². The number of rotatable bonds is 12. The molecule has 40 heavy (non-hydrogen) atoms. The van der Waals surface area contributed by atoms with Crippen LogP contribution in [0, 0.1) is 11.8 Å². The smallest absolute Gasteiger partial charge is 0.120 e. The molecular weight excluding hydrogens is 494 g/mol. The number of aliphatic hydroxyl groups is 1. The molecule has 3 aromatic carbocycles. The van der Waals surface area contributed by atoms with Crippen molar-refractivity contribution in [3.8, 4) is 16.9 Å². The molecule has 0 spiro atoms. The van der Waals surface area contributed by atoms with E-state index in [0.29, 0.717) is 24.4 Å². The highest BCUT2D eigenvalue weighted by atomic mass is 16.5. The van der Waals surface area contributed by atoms with Gasteiger partial charge in [0.25, 0.3) is 0 Å². The van der Waals surface area contributed by atoms with Crippen LogP contribution in [0.25, 0.3) is 22.2 Å². The van der Waals surface area contributed by atoms with Gasteiger partial charge in [-0.05, 0) is 77.6 Å². The van der Waals surface area contributed by atoms with Crippen molar-refractivity contribution >= 4 is 11.0 Å². The molecule has 1 aromatic heterocycles. The SMILES string of the molecule is CCCC(CC(C)C(C)C)n1cnc2ccc(-c3cccc(OCC(O)CN4CCc5ccccc5C4)c3)cc21. The van der Waals surface area contributed by atoms with Gasteiger partial charge in [0.15, 0.2) is 0 Å². The van der Waals surface area contributed by atoms with Gasteiger partial charge in [-0.3, -0.25) is 4.90 Å². The summed E-state index contributed by atoms with van der Waals surface area (Å²) in [6.45, 7) is 12.0. The van der Waals surface area contributed by atoms with Crippen molar-refractivity contribution in [1.82, 2.24) is 14.5 Å². The maximum Gasteiger partial charge on any atom is 0.120 e. The number of benzene rings is 3.